The second-order valence-electron chi connectivity index (χ2n) is 9.50. The minimum Gasteiger partial charge on any atom is -0.488 e. The number of anilines is 1. The first-order valence-corrected chi connectivity index (χ1v) is 11.2. The van der Waals surface area contributed by atoms with Crippen LogP contribution < -0.4 is 20.7 Å². The average Bonchev–Trinajstić information content (AvgIpc) is 2.69. The summed E-state index contributed by atoms with van der Waals surface area (Å²) in [6.07, 6.45) is -0.0604. The fraction of sp³-hybridized carbons (Fsp3) is 0.480. The highest BCUT2D eigenvalue weighted by Crippen LogP contribution is 2.34. The molecule has 1 heterocycles. The van der Waals surface area contributed by atoms with E-state index in [4.69, 9.17) is 4.74 Å². The largest absolute Gasteiger partial charge is 0.488 e. The highest BCUT2D eigenvalue weighted by Gasteiger charge is 2.26. The summed E-state index contributed by atoms with van der Waals surface area (Å²) in [4.78, 5) is 11.7. The lowest BCUT2D eigenvalue weighted by Gasteiger charge is -2.31. The molecular formula is C25H33F2N3O3. The van der Waals surface area contributed by atoms with E-state index in [-0.39, 0.29) is 30.5 Å². The molecule has 8 heteroatoms. The van der Waals surface area contributed by atoms with Gasteiger partial charge in [0.2, 0.25) is 5.91 Å². The van der Waals surface area contributed by atoms with Gasteiger partial charge in [0.05, 0.1) is 12.1 Å². The average molecular weight is 462 g/mol. The minimum absolute atomic E-state index is 0.0241. The van der Waals surface area contributed by atoms with Crippen LogP contribution in [-0.2, 0) is 11.2 Å². The molecule has 1 aliphatic rings. The Kier molecular flexibility index (Phi) is 7.92. The Morgan fingerprint density at radius 3 is 2.55 bits per heavy atom. The number of rotatable bonds is 8. The summed E-state index contributed by atoms with van der Waals surface area (Å²) < 4.78 is 33.2. The summed E-state index contributed by atoms with van der Waals surface area (Å²) >= 11 is 0. The monoisotopic (exact) mass is 461 g/mol. The smallest absolute Gasteiger partial charge is 0.217 e. The summed E-state index contributed by atoms with van der Waals surface area (Å²) in [5.74, 6) is -0.953. The van der Waals surface area contributed by atoms with Gasteiger partial charge in [0.15, 0.2) is 0 Å². The number of nitrogens with one attached hydrogen (secondary N) is 3. The van der Waals surface area contributed by atoms with Gasteiger partial charge in [0, 0.05) is 37.8 Å². The van der Waals surface area contributed by atoms with Gasteiger partial charge in [-0.1, -0.05) is 0 Å². The quantitative estimate of drug-likeness (QED) is 0.482. The molecule has 6 nitrogen and oxygen atoms in total. The van der Waals surface area contributed by atoms with E-state index in [1.165, 1.54) is 19.1 Å². The van der Waals surface area contributed by atoms with Gasteiger partial charge in [-0.25, -0.2) is 8.78 Å². The molecule has 0 fully saturated rings. The normalized spacial score (nSPS) is 17.5. The summed E-state index contributed by atoms with van der Waals surface area (Å²) in [7, 11) is 0. The molecule has 0 bridgehead atoms. The van der Waals surface area contributed by atoms with Gasteiger partial charge in [-0.15, -0.1) is 0 Å². The van der Waals surface area contributed by atoms with Crippen LogP contribution in [0.1, 0.15) is 51.3 Å². The van der Waals surface area contributed by atoms with Crippen molar-refractivity contribution in [2.24, 2.45) is 0 Å². The Hall–Kier alpha value is -2.71. The first-order valence-electron chi connectivity index (χ1n) is 11.2. The number of hydrogen-bond donors (Lipinski definition) is 4. The maximum absolute atomic E-state index is 13.6. The molecule has 0 saturated carbocycles. The van der Waals surface area contributed by atoms with Crippen molar-refractivity contribution in [3.63, 3.8) is 0 Å². The molecule has 2 aromatic carbocycles. The number of halogens is 2. The number of aliphatic hydroxyl groups excluding tert-OH is 1. The summed E-state index contributed by atoms with van der Waals surface area (Å²) in [6, 6.07) is 8.39. The van der Waals surface area contributed by atoms with E-state index in [1.807, 2.05) is 39.0 Å². The van der Waals surface area contributed by atoms with Crippen LogP contribution in [0.3, 0.4) is 0 Å². The fourth-order valence-electron chi connectivity index (χ4n) is 4.06. The molecule has 1 amide bonds. The molecular weight excluding hydrogens is 428 g/mol. The third kappa shape index (κ3) is 7.40. The van der Waals surface area contributed by atoms with Crippen LogP contribution in [0.15, 0.2) is 36.4 Å². The van der Waals surface area contributed by atoms with Crippen LogP contribution in [0.25, 0.3) is 0 Å². The zero-order valence-electron chi connectivity index (χ0n) is 19.5. The van der Waals surface area contributed by atoms with Crippen LogP contribution in [-0.4, -0.2) is 41.9 Å². The van der Waals surface area contributed by atoms with Gasteiger partial charge in [0.25, 0.3) is 0 Å². The number of benzene rings is 2. The Morgan fingerprint density at radius 2 is 1.91 bits per heavy atom. The molecule has 0 saturated heterocycles. The maximum Gasteiger partial charge on any atom is 0.217 e. The second kappa shape index (κ2) is 10.5. The number of fused-ring (bicyclic) bond motifs is 1. The third-order valence-electron chi connectivity index (χ3n) is 5.38. The lowest BCUT2D eigenvalue weighted by molar-refractivity contribution is -0.120. The van der Waals surface area contributed by atoms with Crippen molar-refractivity contribution >= 4 is 11.6 Å². The van der Waals surface area contributed by atoms with Crippen molar-refractivity contribution in [3.8, 4) is 5.75 Å². The summed E-state index contributed by atoms with van der Waals surface area (Å²) in [5, 5.41) is 20.3. The van der Waals surface area contributed by atoms with Gasteiger partial charge in [-0.05, 0) is 75.1 Å². The van der Waals surface area contributed by atoms with Gasteiger partial charge in [0.1, 0.15) is 23.0 Å². The van der Waals surface area contributed by atoms with E-state index in [1.54, 1.807) is 0 Å². The van der Waals surface area contributed by atoms with Gasteiger partial charge >= 0.3 is 0 Å². The fourth-order valence-corrected chi connectivity index (χ4v) is 4.06. The predicted octanol–water partition coefficient (Wildman–Crippen LogP) is 3.70. The van der Waals surface area contributed by atoms with Crippen molar-refractivity contribution < 1.29 is 23.4 Å². The lowest BCUT2D eigenvalue weighted by Crippen LogP contribution is -2.48. The molecule has 0 radical (unpaired) electrons. The first-order chi connectivity index (χ1) is 15.5. The number of carbonyl (C=O) groups is 1. The Labute approximate surface area is 193 Å². The lowest BCUT2D eigenvalue weighted by atomic mass is 9.96. The second-order valence-corrected chi connectivity index (χ2v) is 9.50. The molecule has 33 heavy (non-hydrogen) atoms. The topological polar surface area (TPSA) is 82.6 Å². The molecule has 3 atom stereocenters. The Morgan fingerprint density at radius 1 is 1.21 bits per heavy atom. The van der Waals surface area contributed by atoms with Gasteiger partial charge in [-0.3, -0.25) is 4.79 Å². The number of hydrogen-bond acceptors (Lipinski definition) is 5. The SMILES string of the molecule is CC(=O)N[C@@H](Cc1cc(F)cc(F)c1)[C@H](O)CNC1CCNc2ccc(OC(C)(C)C)cc21. The third-order valence-corrected chi connectivity index (χ3v) is 5.38. The highest BCUT2D eigenvalue weighted by atomic mass is 19.1. The van der Waals surface area contributed by atoms with Crippen molar-refractivity contribution in [3.05, 3.63) is 59.2 Å². The summed E-state index contributed by atoms with van der Waals surface area (Å²) in [5.41, 5.74) is 2.08. The molecule has 1 unspecified atom stereocenters. The molecule has 1 aliphatic heterocycles. The molecule has 0 aromatic heterocycles. The zero-order valence-corrected chi connectivity index (χ0v) is 19.5. The molecule has 4 N–H and O–H groups in total. The van der Waals surface area contributed by atoms with Crippen LogP contribution >= 0.6 is 0 Å². The van der Waals surface area contributed by atoms with Crippen LogP contribution in [0.5, 0.6) is 5.75 Å². The van der Waals surface area contributed by atoms with Crippen molar-refractivity contribution in [1.82, 2.24) is 10.6 Å². The Balaban J connectivity index is 1.70. The summed E-state index contributed by atoms with van der Waals surface area (Å²) in [6.45, 7) is 8.28. The molecule has 3 rings (SSSR count). The Bertz CT molecular complexity index is 958. The zero-order chi connectivity index (χ0) is 24.2. The number of ether oxygens (including phenoxy) is 1. The predicted molar refractivity (Wildman–Crippen MR) is 124 cm³/mol. The van der Waals surface area contributed by atoms with E-state index in [2.05, 4.69) is 16.0 Å². The first kappa shape index (κ1) is 24.9. The van der Waals surface area contributed by atoms with Gasteiger partial charge < -0.3 is 25.8 Å². The minimum atomic E-state index is -0.965. The van der Waals surface area contributed by atoms with Crippen LogP contribution in [0, 0.1) is 11.6 Å². The maximum atomic E-state index is 13.6. The molecule has 0 aliphatic carbocycles. The molecule has 0 spiro atoms. The molecule has 2 aromatic rings. The van der Waals surface area contributed by atoms with Gasteiger partial charge in [-0.2, -0.15) is 0 Å². The number of amides is 1. The number of carbonyl (C=O) groups excluding carboxylic acids is 1. The number of aliphatic hydroxyl groups is 1. The van der Waals surface area contributed by atoms with E-state index >= 15 is 0 Å². The van der Waals surface area contributed by atoms with Crippen molar-refractivity contribution in [1.29, 1.82) is 0 Å². The van der Waals surface area contributed by atoms with Crippen LogP contribution in [0.2, 0.25) is 0 Å². The van der Waals surface area contributed by atoms with E-state index in [0.717, 1.165) is 36.0 Å². The standard InChI is InChI=1S/C25H33F2N3O3/c1-15(31)30-23(11-16-9-17(26)12-18(27)10-16)24(32)14-29-22-7-8-28-21-6-5-19(13-20(21)22)33-25(2,3)4/h5-6,9-10,12-13,22-24,28-29,32H,7-8,11,14H2,1-4H3,(H,30,31)/t22?,23-,24+/m0/s1. The van der Waals surface area contributed by atoms with Crippen LogP contribution in [0.4, 0.5) is 14.5 Å². The highest BCUT2D eigenvalue weighted by molar-refractivity contribution is 5.73. The van der Waals surface area contributed by atoms with E-state index < -0.39 is 23.8 Å². The van der Waals surface area contributed by atoms with Crippen molar-refractivity contribution in [2.45, 2.75) is 64.3 Å². The van der Waals surface area contributed by atoms with E-state index in [0.29, 0.717) is 5.56 Å². The molecule has 180 valence electrons. The van der Waals surface area contributed by atoms with E-state index in [9.17, 15) is 18.7 Å². The van der Waals surface area contributed by atoms with Crippen molar-refractivity contribution in [2.75, 3.05) is 18.4 Å².